The molecule has 0 saturated carbocycles. The molecule has 0 bridgehead atoms. The maximum atomic E-state index is 14.2. The molecule has 31 heavy (non-hydrogen) atoms. The molecule has 0 fully saturated rings. The number of hydrogen-bond donors (Lipinski definition) is 0. The molecule has 0 amide bonds. The van der Waals surface area contributed by atoms with Crippen LogP contribution in [0.3, 0.4) is 0 Å². The summed E-state index contributed by atoms with van der Waals surface area (Å²) in [5.74, 6) is -36.8. The van der Waals surface area contributed by atoms with E-state index in [9.17, 15) is 57.1 Å². The van der Waals surface area contributed by atoms with Crippen LogP contribution in [0.5, 0.6) is 0 Å². The van der Waals surface area contributed by atoms with Gasteiger partial charge in [0.2, 0.25) is 0 Å². The molecule has 0 unspecified atom stereocenters. The van der Waals surface area contributed by atoms with E-state index in [1.807, 2.05) is 14.8 Å². The molecular weight excluding hydrogens is 610 g/mol. The van der Waals surface area contributed by atoms with E-state index in [0.717, 1.165) is 14.2 Å². The van der Waals surface area contributed by atoms with Gasteiger partial charge in [0.25, 0.3) is 0 Å². The zero-order valence-corrected chi connectivity index (χ0v) is 19.9. The molecule has 0 aromatic carbocycles. The fourth-order valence-corrected chi connectivity index (χ4v) is 10.3. The van der Waals surface area contributed by atoms with E-state index in [1.165, 1.54) is 6.07 Å². The molecule has 2 aromatic heterocycles. The monoisotopic (exact) mass is 622 g/mol. The third-order valence-electron chi connectivity index (χ3n) is 4.19. The number of hydrogen-bond acceptors (Lipinski definition) is 2. The zero-order valence-electron chi connectivity index (χ0n) is 15.4. The maximum absolute atomic E-state index is 14.2. The summed E-state index contributed by atoms with van der Waals surface area (Å²) in [6, 6.07) is 1.67. The molecule has 0 atom stereocenters. The Labute approximate surface area is 177 Å². The second kappa shape index (κ2) is 7.27. The van der Waals surface area contributed by atoms with Crippen molar-refractivity contribution in [3.8, 4) is 0 Å². The van der Waals surface area contributed by atoms with Crippen molar-refractivity contribution in [1.29, 1.82) is 0 Å². The van der Waals surface area contributed by atoms with Gasteiger partial charge in [-0.1, -0.05) is 0 Å². The quantitative estimate of drug-likeness (QED) is 0.229. The van der Waals surface area contributed by atoms with Gasteiger partial charge in [-0.3, -0.25) is 0 Å². The van der Waals surface area contributed by atoms with Crippen LogP contribution in [-0.2, 0) is 5.92 Å². The van der Waals surface area contributed by atoms with Crippen LogP contribution in [-0.4, -0.2) is 48.2 Å². The zero-order chi connectivity index (χ0) is 24.6. The molecule has 178 valence electrons. The van der Waals surface area contributed by atoms with Gasteiger partial charge in [-0.2, -0.15) is 0 Å². The fourth-order valence-electron chi connectivity index (χ4n) is 2.28. The molecule has 0 saturated heterocycles. The van der Waals surface area contributed by atoms with Gasteiger partial charge in [0.15, 0.2) is 0 Å². The second-order valence-corrected chi connectivity index (χ2v) is 25.2. The van der Waals surface area contributed by atoms with Crippen molar-refractivity contribution in [3.63, 3.8) is 0 Å². The van der Waals surface area contributed by atoms with Crippen LogP contribution in [0.2, 0.25) is 14.8 Å². The fraction of sp³-hybridized carbons (Fsp3) is 0.600. The molecule has 16 heteroatoms. The van der Waals surface area contributed by atoms with Crippen LogP contribution in [0.4, 0.5) is 57.1 Å². The van der Waals surface area contributed by atoms with E-state index in [-0.39, 0.29) is 20.7 Å². The summed E-state index contributed by atoms with van der Waals surface area (Å²) in [5.41, 5.74) is 0. The summed E-state index contributed by atoms with van der Waals surface area (Å²) in [4.78, 5) is 3.87. The first-order chi connectivity index (χ1) is 13.4. The molecule has 2 heterocycles. The van der Waals surface area contributed by atoms with E-state index < -0.39 is 59.0 Å². The summed E-state index contributed by atoms with van der Waals surface area (Å²) >= 11 is -2.02. The van der Waals surface area contributed by atoms with Crippen molar-refractivity contribution < 1.29 is 57.1 Å². The molecule has 0 spiro atoms. The summed E-state index contributed by atoms with van der Waals surface area (Å²) < 4.78 is 173. The molecule has 0 aliphatic heterocycles. The van der Waals surface area contributed by atoms with E-state index in [4.69, 9.17) is 0 Å². The first-order valence-corrected chi connectivity index (χ1v) is 19.6. The van der Waals surface area contributed by atoms with Crippen molar-refractivity contribution in [2.75, 3.05) is 0 Å². The summed E-state index contributed by atoms with van der Waals surface area (Å²) in [6.07, 6.45) is -7.41. The summed E-state index contributed by atoms with van der Waals surface area (Å²) in [7, 11) is 0. The standard InChI is InChI=1S/C12H2F13S2.3CH3.Sn/c13-7(14,6-3-5-4(27-6)1-2-26-5)8(15,16)9(17,18)10(19,20)11(21,22)12(23,24)25;;;;/h1,3H;3*1H3;. The topological polar surface area (TPSA) is 0 Å². The minimum absolute atomic E-state index is 0.0622. The van der Waals surface area contributed by atoms with Gasteiger partial charge >= 0.3 is 178 Å². The average Bonchev–Trinajstić information content (AvgIpc) is 3.11. The van der Waals surface area contributed by atoms with Gasteiger partial charge in [0.05, 0.1) is 0 Å². The normalized spacial score (nSPS) is 15.7. The van der Waals surface area contributed by atoms with Crippen molar-refractivity contribution in [2.45, 2.75) is 50.6 Å². The summed E-state index contributed by atoms with van der Waals surface area (Å²) in [6.45, 7) is 0. The van der Waals surface area contributed by atoms with E-state index in [2.05, 4.69) is 0 Å². The van der Waals surface area contributed by atoms with Gasteiger partial charge in [-0.25, -0.2) is 0 Å². The Bertz CT molecular complexity index is 930. The van der Waals surface area contributed by atoms with Crippen LogP contribution in [0.25, 0.3) is 9.40 Å². The SMILES string of the molecule is [CH3][Sn]([CH3])([CH3])[c]1cc2sc(C(F)(F)C(F)(F)C(F)(F)C(F)(F)C(F)(F)C(F)(F)F)cc2s1. The first kappa shape index (κ1) is 26.8. The number of fused-ring (bicyclic) bond motifs is 1. The van der Waals surface area contributed by atoms with Crippen molar-refractivity contribution in [2.24, 2.45) is 0 Å². The molecule has 0 aliphatic carbocycles. The molecule has 0 radical (unpaired) electrons. The number of halogens is 13. The van der Waals surface area contributed by atoms with Crippen LogP contribution in [0.1, 0.15) is 4.88 Å². The van der Waals surface area contributed by atoms with Gasteiger partial charge in [0, 0.05) is 0 Å². The van der Waals surface area contributed by atoms with Crippen molar-refractivity contribution in [3.05, 3.63) is 17.0 Å². The number of thiophene rings is 2. The van der Waals surface area contributed by atoms with Crippen molar-refractivity contribution >= 4 is 53.3 Å². The Morgan fingerprint density at radius 3 is 1.39 bits per heavy atom. The first-order valence-electron chi connectivity index (χ1n) is 7.93. The van der Waals surface area contributed by atoms with Crippen LogP contribution >= 0.6 is 22.7 Å². The van der Waals surface area contributed by atoms with Gasteiger partial charge in [-0.15, -0.1) is 0 Å². The molecule has 0 aliphatic rings. The Kier molecular flexibility index (Phi) is 6.29. The van der Waals surface area contributed by atoms with Gasteiger partial charge < -0.3 is 0 Å². The molecule has 2 aromatic rings. The Hall–Kier alpha value is -0.451. The minimum atomic E-state index is -7.88. The van der Waals surface area contributed by atoms with E-state index in [1.54, 1.807) is 0 Å². The summed E-state index contributed by atoms with van der Waals surface area (Å²) in [5, 5.41) is 0. The van der Waals surface area contributed by atoms with Crippen LogP contribution < -0.4 is 2.89 Å². The molecule has 2 rings (SSSR count). The third-order valence-corrected chi connectivity index (χ3v) is 16.0. The third kappa shape index (κ3) is 3.83. The van der Waals surface area contributed by atoms with E-state index in [0.29, 0.717) is 6.07 Å². The average molecular weight is 621 g/mol. The number of alkyl halides is 13. The Balaban J connectivity index is 2.58. The van der Waals surface area contributed by atoms with Gasteiger partial charge in [0.1, 0.15) is 0 Å². The Morgan fingerprint density at radius 2 is 1.00 bits per heavy atom. The predicted molar refractivity (Wildman–Crippen MR) is 92.4 cm³/mol. The van der Waals surface area contributed by atoms with Gasteiger partial charge in [-0.05, 0) is 0 Å². The van der Waals surface area contributed by atoms with Crippen LogP contribution in [0, 0.1) is 0 Å². The molecule has 0 N–H and O–H groups in total. The van der Waals surface area contributed by atoms with Crippen molar-refractivity contribution in [1.82, 2.24) is 0 Å². The molecule has 0 nitrogen and oxygen atoms in total. The van der Waals surface area contributed by atoms with E-state index >= 15 is 0 Å². The van der Waals surface area contributed by atoms with Crippen LogP contribution in [0.15, 0.2) is 12.1 Å². The Morgan fingerprint density at radius 1 is 0.581 bits per heavy atom. The second-order valence-electron chi connectivity index (χ2n) is 7.57. The molecular formula is C15H11F13S2Sn. The number of rotatable bonds is 6. The predicted octanol–water partition coefficient (Wildman–Crippen LogP) is 7.70.